The lowest BCUT2D eigenvalue weighted by Gasteiger charge is -2.26. The molecule has 1 aliphatic rings. The molecule has 0 unspecified atom stereocenters. The second-order valence-electron chi connectivity index (χ2n) is 5.75. The summed E-state index contributed by atoms with van der Waals surface area (Å²) in [7, 11) is -3.54. The highest BCUT2D eigenvalue weighted by molar-refractivity contribution is 7.89. The fourth-order valence-corrected chi connectivity index (χ4v) is 4.27. The number of rotatable bonds is 4. The Bertz CT molecular complexity index is 933. The molecule has 0 aliphatic carbocycles. The third kappa shape index (κ3) is 4.94. The molecule has 2 aromatic rings. The van der Waals surface area contributed by atoms with Crippen molar-refractivity contribution in [2.75, 3.05) is 36.9 Å². The zero-order chi connectivity index (χ0) is 19.4. The zero-order valence-corrected chi connectivity index (χ0v) is 16.5. The Balaban J connectivity index is 1.64. The number of nitrogens with one attached hydrogen (secondary N) is 2. The van der Waals surface area contributed by atoms with Gasteiger partial charge in [0.15, 0.2) is 5.11 Å². The van der Waals surface area contributed by atoms with Crippen LogP contribution >= 0.6 is 23.8 Å². The molecule has 0 amide bonds. The van der Waals surface area contributed by atoms with Crippen LogP contribution in [-0.4, -0.2) is 44.1 Å². The highest BCUT2D eigenvalue weighted by Crippen LogP contribution is 2.21. The molecule has 1 heterocycles. The van der Waals surface area contributed by atoms with Gasteiger partial charge in [0.2, 0.25) is 10.0 Å². The van der Waals surface area contributed by atoms with Gasteiger partial charge in [0.1, 0.15) is 5.82 Å². The van der Waals surface area contributed by atoms with E-state index in [-0.39, 0.29) is 15.0 Å². The maximum atomic E-state index is 13.5. The molecule has 0 bridgehead atoms. The van der Waals surface area contributed by atoms with Crippen molar-refractivity contribution in [1.82, 2.24) is 4.31 Å². The third-order valence-electron chi connectivity index (χ3n) is 3.90. The first-order chi connectivity index (χ1) is 12.9. The second kappa shape index (κ2) is 8.49. The van der Waals surface area contributed by atoms with E-state index in [1.165, 1.54) is 28.6 Å². The molecule has 2 N–H and O–H groups in total. The Morgan fingerprint density at radius 3 is 2.30 bits per heavy atom. The van der Waals surface area contributed by atoms with E-state index < -0.39 is 15.8 Å². The van der Waals surface area contributed by atoms with Crippen molar-refractivity contribution in [3.8, 4) is 0 Å². The number of ether oxygens (including phenoxy) is 1. The van der Waals surface area contributed by atoms with Gasteiger partial charge in [0.05, 0.1) is 23.1 Å². The molecule has 6 nitrogen and oxygen atoms in total. The van der Waals surface area contributed by atoms with Crippen molar-refractivity contribution >= 4 is 50.3 Å². The van der Waals surface area contributed by atoms with Gasteiger partial charge in [0.25, 0.3) is 0 Å². The van der Waals surface area contributed by atoms with Gasteiger partial charge in [0, 0.05) is 24.5 Å². The van der Waals surface area contributed by atoms with Crippen LogP contribution in [0.15, 0.2) is 47.4 Å². The Labute approximate surface area is 167 Å². The molecule has 0 aromatic heterocycles. The predicted molar refractivity (Wildman–Crippen MR) is 107 cm³/mol. The fourth-order valence-electron chi connectivity index (χ4n) is 2.51. The largest absolute Gasteiger partial charge is 0.379 e. The van der Waals surface area contributed by atoms with E-state index >= 15 is 0 Å². The standard InChI is InChI=1S/C17H17ClFN3O3S2/c18-15-6-3-13(11-16(15)19)21-17(26)20-12-1-4-14(5-2-12)27(23,24)22-7-9-25-10-8-22/h1-6,11H,7-10H2,(H2,20,21,26). The van der Waals surface area contributed by atoms with E-state index in [4.69, 9.17) is 28.6 Å². The van der Waals surface area contributed by atoms with Crippen LogP contribution in [0.3, 0.4) is 0 Å². The fraction of sp³-hybridized carbons (Fsp3) is 0.235. The molecule has 1 aliphatic heterocycles. The molecule has 0 spiro atoms. The molecule has 1 saturated heterocycles. The zero-order valence-electron chi connectivity index (χ0n) is 14.1. The number of sulfonamides is 1. The molecule has 0 saturated carbocycles. The lowest BCUT2D eigenvalue weighted by Crippen LogP contribution is -2.40. The number of benzene rings is 2. The second-order valence-corrected chi connectivity index (χ2v) is 8.50. The van der Waals surface area contributed by atoms with Crippen LogP contribution in [0.2, 0.25) is 5.02 Å². The van der Waals surface area contributed by atoms with E-state index in [1.807, 2.05) is 0 Å². The predicted octanol–water partition coefficient (Wildman–Crippen LogP) is 3.31. The highest BCUT2D eigenvalue weighted by Gasteiger charge is 2.26. The minimum atomic E-state index is -3.54. The lowest BCUT2D eigenvalue weighted by atomic mass is 10.3. The molecular formula is C17H17ClFN3O3S2. The molecular weight excluding hydrogens is 413 g/mol. The van der Waals surface area contributed by atoms with Crippen LogP contribution in [-0.2, 0) is 14.8 Å². The molecule has 10 heteroatoms. The molecule has 3 rings (SSSR count). The van der Waals surface area contributed by atoms with Crippen LogP contribution in [0.4, 0.5) is 15.8 Å². The molecule has 144 valence electrons. The van der Waals surface area contributed by atoms with Crippen molar-refractivity contribution < 1.29 is 17.5 Å². The van der Waals surface area contributed by atoms with Crippen molar-refractivity contribution in [2.45, 2.75) is 4.90 Å². The van der Waals surface area contributed by atoms with Crippen LogP contribution in [0.1, 0.15) is 0 Å². The van der Waals surface area contributed by atoms with Crippen molar-refractivity contribution in [1.29, 1.82) is 0 Å². The molecule has 2 aromatic carbocycles. The monoisotopic (exact) mass is 429 g/mol. The van der Waals surface area contributed by atoms with Crippen molar-refractivity contribution in [3.05, 3.63) is 53.3 Å². The van der Waals surface area contributed by atoms with E-state index in [0.717, 1.165) is 0 Å². The van der Waals surface area contributed by atoms with Crippen LogP contribution in [0.25, 0.3) is 0 Å². The summed E-state index contributed by atoms with van der Waals surface area (Å²) in [5.41, 5.74) is 1.05. The Morgan fingerprint density at radius 2 is 1.67 bits per heavy atom. The first-order valence-corrected chi connectivity index (χ1v) is 10.3. The summed E-state index contributed by atoms with van der Waals surface area (Å²) < 4.78 is 45.2. The molecule has 0 atom stereocenters. The Morgan fingerprint density at radius 1 is 1.07 bits per heavy atom. The molecule has 1 fully saturated rings. The minimum Gasteiger partial charge on any atom is -0.379 e. The number of hydrogen-bond acceptors (Lipinski definition) is 4. The van der Waals surface area contributed by atoms with Crippen molar-refractivity contribution in [3.63, 3.8) is 0 Å². The average Bonchev–Trinajstić information content (AvgIpc) is 2.66. The maximum absolute atomic E-state index is 13.5. The summed E-state index contributed by atoms with van der Waals surface area (Å²) in [6, 6.07) is 10.5. The van der Waals surface area contributed by atoms with Crippen LogP contribution in [0.5, 0.6) is 0 Å². The first-order valence-electron chi connectivity index (χ1n) is 8.07. The number of nitrogens with zero attached hydrogens (tertiary/aromatic N) is 1. The van der Waals surface area contributed by atoms with Gasteiger partial charge in [-0.3, -0.25) is 0 Å². The quantitative estimate of drug-likeness (QED) is 0.726. The molecule has 0 radical (unpaired) electrons. The van der Waals surface area contributed by atoms with E-state index in [2.05, 4.69) is 10.6 Å². The van der Waals surface area contributed by atoms with Gasteiger partial charge in [-0.25, -0.2) is 12.8 Å². The Kier molecular flexibility index (Phi) is 6.28. The number of morpholine rings is 1. The van der Waals surface area contributed by atoms with Gasteiger partial charge >= 0.3 is 0 Å². The molecule has 27 heavy (non-hydrogen) atoms. The first kappa shape index (κ1) is 20.0. The summed E-state index contributed by atoms with van der Waals surface area (Å²) in [6.07, 6.45) is 0. The number of halogens is 2. The topological polar surface area (TPSA) is 70.7 Å². The summed E-state index contributed by atoms with van der Waals surface area (Å²) in [5, 5.41) is 6.02. The van der Waals surface area contributed by atoms with Crippen LogP contribution in [0, 0.1) is 5.82 Å². The van der Waals surface area contributed by atoms with Gasteiger partial charge in [-0.1, -0.05) is 11.6 Å². The summed E-state index contributed by atoms with van der Waals surface area (Å²) >= 11 is 10.8. The minimum absolute atomic E-state index is 0.0245. The van der Waals surface area contributed by atoms with Gasteiger partial charge < -0.3 is 15.4 Å². The third-order valence-corrected chi connectivity index (χ3v) is 6.32. The average molecular weight is 430 g/mol. The SMILES string of the molecule is O=S(=O)(c1ccc(NC(=S)Nc2ccc(Cl)c(F)c2)cc1)N1CCOCC1. The highest BCUT2D eigenvalue weighted by atomic mass is 35.5. The number of thiocarbonyl (C=S) groups is 1. The Hall–Kier alpha value is -1.78. The van der Waals surface area contributed by atoms with Crippen LogP contribution < -0.4 is 10.6 Å². The number of anilines is 2. The van der Waals surface area contributed by atoms with Gasteiger partial charge in [-0.15, -0.1) is 0 Å². The van der Waals surface area contributed by atoms with Crippen molar-refractivity contribution in [2.24, 2.45) is 0 Å². The number of hydrogen-bond donors (Lipinski definition) is 2. The normalized spacial score (nSPS) is 15.3. The lowest BCUT2D eigenvalue weighted by molar-refractivity contribution is 0.0730. The summed E-state index contributed by atoms with van der Waals surface area (Å²) in [5.74, 6) is -0.554. The smallest absolute Gasteiger partial charge is 0.243 e. The van der Waals surface area contributed by atoms with E-state index in [1.54, 1.807) is 18.2 Å². The van der Waals surface area contributed by atoms with Gasteiger partial charge in [-0.2, -0.15) is 4.31 Å². The maximum Gasteiger partial charge on any atom is 0.243 e. The van der Waals surface area contributed by atoms with E-state index in [0.29, 0.717) is 37.7 Å². The van der Waals surface area contributed by atoms with Gasteiger partial charge in [-0.05, 0) is 54.7 Å². The summed E-state index contributed by atoms with van der Waals surface area (Å²) in [6.45, 7) is 1.47. The summed E-state index contributed by atoms with van der Waals surface area (Å²) in [4.78, 5) is 0.202. The van der Waals surface area contributed by atoms with E-state index in [9.17, 15) is 12.8 Å².